The van der Waals surface area contributed by atoms with E-state index in [0.717, 1.165) is 11.1 Å². The topological polar surface area (TPSA) is 113 Å². The lowest BCUT2D eigenvalue weighted by molar-refractivity contribution is -0.144. The summed E-state index contributed by atoms with van der Waals surface area (Å²) in [7, 11) is 0. The number of benzene rings is 2. The Hall–Kier alpha value is -3.36. The molecule has 0 radical (unpaired) electrons. The summed E-state index contributed by atoms with van der Waals surface area (Å²) in [6.45, 7) is 6.74. The first-order valence-electron chi connectivity index (χ1n) is 14.7. The third-order valence-corrected chi connectivity index (χ3v) is 7.51. The fourth-order valence-electron chi connectivity index (χ4n) is 5.22. The van der Waals surface area contributed by atoms with Gasteiger partial charge in [0, 0.05) is 31.8 Å². The Morgan fingerprint density at radius 3 is 2.07 bits per heavy atom. The van der Waals surface area contributed by atoms with Gasteiger partial charge in [0.05, 0.1) is 31.7 Å². The molecule has 0 bridgehead atoms. The zero-order chi connectivity index (χ0) is 29.6. The van der Waals surface area contributed by atoms with Crippen LogP contribution in [0.2, 0.25) is 0 Å². The molecule has 0 unspecified atom stereocenters. The molecule has 3 atom stereocenters. The van der Waals surface area contributed by atoms with Gasteiger partial charge in [0.25, 0.3) is 0 Å². The highest BCUT2D eigenvalue weighted by Gasteiger charge is 2.31. The Morgan fingerprint density at radius 1 is 0.878 bits per heavy atom. The minimum atomic E-state index is -1.04. The third-order valence-electron chi connectivity index (χ3n) is 7.51. The van der Waals surface area contributed by atoms with Crippen molar-refractivity contribution in [1.29, 1.82) is 0 Å². The molecule has 3 rings (SSSR count). The van der Waals surface area contributed by atoms with Crippen molar-refractivity contribution in [3.05, 3.63) is 71.8 Å². The molecule has 8 heteroatoms. The predicted octanol–water partition coefficient (Wildman–Crippen LogP) is 3.96. The van der Waals surface area contributed by atoms with Crippen molar-refractivity contribution in [1.82, 2.24) is 10.2 Å². The van der Waals surface area contributed by atoms with Crippen molar-refractivity contribution >= 4 is 23.4 Å². The highest BCUT2D eigenvalue weighted by atomic mass is 16.5. The van der Waals surface area contributed by atoms with Crippen molar-refractivity contribution < 1.29 is 29.0 Å². The largest absolute Gasteiger partial charge is 0.481 e. The molecule has 1 fully saturated rings. The highest BCUT2D eigenvalue weighted by molar-refractivity contribution is 5.93. The lowest BCUT2D eigenvalue weighted by Crippen LogP contribution is -2.46. The number of carboxylic acids is 1. The van der Waals surface area contributed by atoms with E-state index in [4.69, 9.17) is 4.74 Å². The van der Waals surface area contributed by atoms with E-state index in [1.165, 1.54) is 0 Å². The van der Waals surface area contributed by atoms with Gasteiger partial charge in [0.15, 0.2) is 5.78 Å². The van der Waals surface area contributed by atoms with Gasteiger partial charge in [0.2, 0.25) is 5.91 Å². The van der Waals surface area contributed by atoms with Crippen molar-refractivity contribution in [3.8, 4) is 0 Å². The van der Waals surface area contributed by atoms with E-state index >= 15 is 0 Å². The van der Waals surface area contributed by atoms with Crippen LogP contribution in [-0.4, -0.2) is 72.3 Å². The summed E-state index contributed by atoms with van der Waals surface area (Å²) < 4.78 is 5.38. The molecule has 2 aromatic carbocycles. The Morgan fingerprint density at radius 2 is 1.49 bits per heavy atom. The molecule has 2 N–H and O–H groups in total. The van der Waals surface area contributed by atoms with E-state index in [0.29, 0.717) is 45.6 Å². The summed E-state index contributed by atoms with van der Waals surface area (Å²) in [6.07, 6.45) is 1.65. The second kappa shape index (κ2) is 16.8. The van der Waals surface area contributed by atoms with Gasteiger partial charge in [-0.25, -0.2) is 0 Å². The van der Waals surface area contributed by atoms with E-state index in [9.17, 15) is 24.3 Å². The number of nitrogens with one attached hydrogen (secondary N) is 1. The van der Waals surface area contributed by atoms with E-state index in [2.05, 4.69) is 5.32 Å². The number of carbonyl (C=O) groups excluding carboxylic acids is 3. The normalized spacial score (nSPS) is 16.1. The first kappa shape index (κ1) is 32.2. The van der Waals surface area contributed by atoms with Crippen molar-refractivity contribution in [3.63, 3.8) is 0 Å². The van der Waals surface area contributed by atoms with Crippen LogP contribution in [0.4, 0.5) is 0 Å². The van der Waals surface area contributed by atoms with Crippen LogP contribution in [0.25, 0.3) is 0 Å². The number of Topliss-reactive ketones (excluding diaryl/α,β-unsaturated/α-hetero) is 2. The molecule has 1 heterocycles. The first-order chi connectivity index (χ1) is 19.7. The molecular weight excluding hydrogens is 520 g/mol. The number of aliphatic carboxylic acids is 1. The second-order valence-corrected chi connectivity index (χ2v) is 11.4. The maximum Gasteiger partial charge on any atom is 0.307 e. The average molecular weight is 565 g/mol. The monoisotopic (exact) mass is 564 g/mol. The molecular formula is C33H44N2O6. The number of hydrogen-bond donors (Lipinski definition) is 2. The quantitative estimate of drug-likeness (QED) is 0.299. The highest BCUT2D eigenvalue weighted by Crippen LogP contribution is 2.20. The molecule has 1 aliphatic heterocycles. The smallest absolute Gasteiger partial charge is 0.307 e. The van der Waals surface area contributed by atoms with Gasteiger partial charge in [-0.05, 0) is 42.7 Å². The maximum atomic E-state index is 13.6. The summed E-state index contributed by atoms with van der Waals surface area (Å²) in [5.74, 6) is -3.05. The summed E-state index contributed by atoms with van der Waals surface area (Å²) in [5, 5.41) is 12.8. The van der Waals surface area contributed by atoms with E-state index < -0.39 is 23.8 Å². The van der Waals surface area contributed by atoms with E-state index in [1.54, 1.807) is 0 Å². The molecule has 0 saturated carbocycles. The van der Waals surface area contributed by atoms with Crippen LogP contribution in [0.3, 0.4) is 0 Å². The molecule has 1 amide bonds. The van der Waals surface area contributed by atoms with Gasteiger partial charge in [-0.3, -0.25) is 24.1 Å². The number of carboxylic acid groups (broad SMARTS) is 1. The molecule has 0 aromatic heterocycles. The zero-order valence-electron chi connectivity index (χ0n) is 24.3. The second-order valence-electron chi connectivity index (χ2n) is 11.4. The summed E-state index contributed by atoms with van der Waals surface area (Å²) in [4.78, 5) is 54.2. The van der Waals surface area contributed by atoms with Gasteiger partial charge in [-0.15, -0.1) is 0 Å². The van der Waals surface area contributed by atoms with Gasteiger partial charge >= 0.3 is 5.97 Å². The fourth-order valence-corrected chi connectivity index (χ4v) is 5.22. The number of nitrogens with zero attached hydrogens (tertiary/aromatic N) is 1. The number of hydrogen-bond acceptors (Lipinski definition) is 6. The molecule has 1 saturated heterocycles. The number of morpholine rings is 1. The zero-order valence-corrected chi connectivity index (χ0v) is 24.3. The van der Waals surface area contributed by atoms with Gasteiger partial charge in [0.1, 0.15) is 5.78 Å². The summed E-state index contributed by atoms with van der Waals surface area (Å²) >= 11 is 0. The first-order valence-corrected chi connectivity index (χ1v) is 14.7. The number of ketones is 2. The molecule has 1 aliphatic rings. The fraction of sp³-hybridized carbons (Fsp3) is 0.515. The molecule has 0 spiro atoms. The Labute approximate surface area is 243 Å². The number of amides is 1. The van der Waals surface area contributed by atoms with Crippen molar-refractivity contribution in [2.75, 3.05) is 32.8 Å². The predicted molar refractivity (Wildman–Crippen MR) is 157 cm³/mol. The summed E-state index contributed by atoms with van der Waals surface area (Å²) in [5.41, 5.74) is 1.92. The van der Waals surface area contributed by atoms with Crippen LogP contribution in [0.1, 0.15) is 50.7 Å². The van der Waals surface area contributed by atoms with Crippen LogP contribution in [-0.2, 0) is 36.8 Å². The third kappa shape index (κ3) is 11.6. The van der Waals surface area contributed by atoms with Crippen molar-refractivity contribution in [2.45, 2.75) is 58.4 Å². The van der Waals surface area contributed by atoms with Crippen LogP contribution < -0.4 is 5.32 Å². The van der Waals surface area contributed by atoms with Crippen LogP contribution >= 0.6 is 0 Å². The Bertz CT molecular complexity index is 1120. The molecule has 222 valence electrons. The number of rotatable bonds is 17. The molecule has 8 nitrogen and oxygen atoms in total. The van der Waals surface area contributed by atoms with Gasteiger partial charge < -0.3 is 15.2 Å². The molecule has 2 aromatic rings. The van der Waals surface area contributed by atoms with Crippen molar-refractivity contribution in [2.24, 2.45) is 17.8 Å². The Kier molecular flexibility index (Phi) is 13.2. The lowest BCUT2D eigenvalue weighted by Gasteiger charge is -2.27. The van der Waals surface area contributed by atoms with Crippen LogP contribution in [0.15, 0.2) is 60.7 Å². The number of aryl methyl sites for hydroxylation is 1. The standard InChI is InChI=1S/C33H44N2O6/c1-24(2)19-30(31(37)22-28(33(39)40)20-26-11-7-4-8-12-26)34-32(38)27(14-13-25-9-5-3-6-10-25)21-29(36)23-35-15-17-41-18-16-35/h3-12,24,27-28,30H,13-23H2,1-2H3,(H,34,38)(H,39,40)/t27-,28-,30+/m1/s1. The van der Waals surface area contributed by atoms with Crippen LogP contribution in [0.5, 0.6) is 0 Å². The summed E-state index contributed by atoms with van der Waals surface area (Å²) in [6, 6.07) is 18.2. The van der Waals surface area contributed by atoms with Gasteiger partial charge in [-0.2, -0.15) is 0 Å². The SMILES string of the molecule is CC(C)C[C@H](NC(=O)[C@H](CCc1ccccc1)CC(=O)CN1CCOCC1)C(=O)C[C@@H](Cc1ccccc1)C(=O)O. The minimum absolute atomic E-state index is 0.0133. The average Bonchev–Trinajstić information content (AvgIpc) is 2.95. The van der Waals surface area contributed by atoms with Gasteiger partial charge in [-0.1, -0.05) is 74.5 Å². The number of carbonyl (C=O) groups is 4. The molecule has 0 aliphatic carbocycles. The Balaban J connectivity index is 1.70. The van der Waals surface area contributed by atoms with Crippen LogP contribution in [0, 0.1) is 17.8 Å². The lowest BCUT2D eigenvalue weighted by atomic mass is 9.88. The van der Waals surface area contributed by atoms with E-state index in [1.807, 2.05) is 79.4 Å². The maximum absolute atomic E-state index is 13.6. The minimum Gasteiger partial charge on any atom is -0.481 e. The molecule has 41 heavy (non-hydrogen) atoms. The van der Waals surface area contributed by atoms with E-state index in [-0.39, 0.29) is 49.2 Å². The number of ether oxygens (including phenoxy) is 1.